The van der Waals surface area contributed by atoms with Crippen LogP contribution in [0.5, 0.6) is 0 Å². The topological polar surface area (TPSA) is 59.2 Å². The zero-order valence-corrected chi connectivity index (χ0v) is 5.27. The van der Waals surface area contributed by atoms with E-state index in [0.29, 0.717) is 12.2 Å². The van der Waals surface area contributed by atoms with E-state index in [1.165, 1.54) is 0 Å². The van der Waals surface area contributed by atoms with Crippen LogP contribution in [0.4, 0.5) is 5.82 Å². The molecule has 2 N–H and O–H groups in total. The summed E-state index contributed by atoms with van der Waals surface area (Å²) in [6.45, 7) is 0. The molecule has 0 bridgehead atoms. The molecule has 1 rings (SSSR count). The third-order valence-electron chi connectivity index (χ3n) is 1.03. The molecule has 0 spiro atoms. The van der Waals surface area contributed by atoms with Gasteiger partial charge in [0, 0.05) is 6.20 Å². The number of hydrogen-bond donors (Lipinski definition) is 1. The molecule has 1 aromatic heterocycles. The molecule has 1 amide bonds. The molecule has 4 nitrogen and oxygen atoms in total. The summed E-state index contributed by atoms with van der Waals surface area (Å²) < 4.78 is 0. The number of amides is 1. The molecule has 1 heterocycles. The van der Waals surface area contributed by atoms with Gasteiger partial charge < -0.3 is 0 Å². The summed E-state index contributed by atoms with van der Waals surface area (Å²) in [4.78, 5) is 13.9. The molecule has 0 aliphatic heterocycles. The van der Waals surface area contributed by atoms with Gasteiger partial charge in [-0.3, -0.25) is 4.79 Å². The summed E-state index contributed by atoms with van der Waals surface area (Å²) in [6.07, 6.45) is 2.07. The van der Waals surface area contributed by atoms with Crippen LogP contribution >= 0.6 is 0 Å². The zero-order chi connectivity index (χ0) is 7.40. The Bertz CT molecular complexity index is 211. The normalized spacial score (nSPS) is 8.90. The minimum Gasteiger partial charge on any atom is -0.277 e. The van der Waals surface area contributed by atoms with Gasteiger partial charge in [-0.15, -0.1) is 0 Å². The molecule has 52 valence electrons. The summed E-state index contributed by atoms with van der Waals surface area (Å²) in [5.41, 5.74) is 0. The maximum absolute atomic E-state index is 10.1. The number of rotatable bonds is 2. The van der Waals surface area contributed by atoms with E-state index in [2.05, 4.69) is 4.98 Å². The molecule has 1 aromatic rings. The molecular formula is C6H7N3O. The van der Waals surface area contributed by atoms with Gasteiger partial charge in [0.15, 0.2) is 0 Å². The Labute approximate surface area is 58.2 Å². The molecule has 0 unspecified atom stereocenters. The summed E-state index contributed by atoms with van der Waals surface area (Å²) in [5, 5.41) is 0.917. The van der Waals surface area contributed by atoms with Crippen LogP contribution in [-0.4, -0.2) is 11.4 Å². The van der Waals surface area contributed by atoms with Gasteiger partial charge in [-0.1, -0.05) is 6.07 Å². The third kappa shape index (κ3) is 1.29. The van der Waals surface area contributed by atoms with E-state index in [-0.39, 0.29) is 0 Å². The van der Waals surface area contributed by atoms with Crippen molar-refractivity contribution in [2.24, 2.45) is 5.84 Å². The minimum absolute atomic E-state index is 0.442. The first kappa shape index (κ1) is 6.70. The predicted molar refractivity (Wildman–Crippen MR) is 37.0 cm³/mol. The van der Waals surface area contributed by atoms with E-state index in [1.54, 1.807) is 24.4 Å². The van der Waals surface area contributed by atoms with Crippen molar-refractivity contribution in [1.82, 2.24) is 4.98 Å². The quantitative estimate of drug-likeness (QED) is 0.268. The van der Waals surface area contributed by atoms with E-state index in [1.807, 2.05) is 0 Å². The molecule has 0 aliphatic rings. The Balaban J connectivity index is 2.84. The zero-order valence-electron chi connectivity index (χ0n) is 5.27. The lowest BCUT2D eigenvalue weighted by Crippen LogP contribution is -2.29. The van der Waals surface area contributed by atoms with Gasteiger partial charge in [-0.2, -0.15) is 0 Å². The molecule has 4 heteroatoms. The fourth-order valence-electron chi connectivity index (χ4n) is 0.560. The Kier molecular flexibility index (Phi) is 1.96. The number of hydrogen-bond acceptors (Lipinski definition) is 3. The monoisotopic (exact) mass is 137 g/mol. The highest BCUT2D eigenvalue weighted by molar-refractivity contribution is 5.70. The van der Waals surface area contributed by atoms with Gasteiger partial charge in [-0.05, 0) is 12.1 Å². The van der Waals surface area contributed by atoms with Crippen LogP contribution in [-0.2, 0) is 4.79 Å². The first-order valence-corrected chi connectivity index (χ1v) is 2.75. The van der Waals surface area contributed by atoms with Crippen molar-refractivity contribution in [3.63, 3.8) is 0 Å². The fraction of sp³-hybridized carbons (Fsp3) is 0. The lowest BCUT2D eigenvalue weighted by Gasteiger charge is -2.06. The van der Waals surface area contributed by atoms with Crippen molar-refractivity contribution in [2.75, 3.05) is 5.01 Å². The molecule has 10 heavy (non-hydrogen) atoms. The maximum atomic E-state index is 10.1. The van der Waals surface area contributed by atoms with Crippen molar-refractivity contribution < 1.29 is 4.79 Å². The molecule has 0 radical (unpaired) electrons. The van der Waals surface area contributed by atoms with Crippen LogP contribution in [0.3, 0.4) is 0 Å². The molecule has 0 aromatic carbocycles. The lowest BCUT2D eigenvalue weighted by atomic mass is 10.5. The third-order valence-corrected chi connectivity index (χ3v) is 1.03. The smallest absolute Gasteiger partial charge is 0.229 e. The average molecular weight is 137 g/mol. The Hall–Kier alpha value is -1.42. The van der Waals surface area contributed by atoms with E-state index >= 15 is 0 Å². The number of hydrazine groups is 1. The number of nitrogens with zero attached hydrogens (tertiary/aromatic N) is 2. The van der Waals surface area contributed by atoms with E-state index in [0.717, 1.165) is 5.01 Å². The Morgan fingerprint density at radius 1 is 1.60 bits per heavy atom. The predicted octanol–water partition coefficient (Wildman–Crippen LogP) is -0.0819. The van der Waals surface area contributed by atoms with Gasteiger partial charge in [0.1, 0.15) is 5.82 Å². The second-order valence-electron chi connectivity index (χ2n) is 1.70. The molecule has 0 saturated carbocycles. The number of carbonyl (C=O) groups excluding carboxylic acids is 1. The number of anilines is 1. The van der Waals surface area contributed by atoms with Gasteiger partial charge in [0.2, 0.25) is 6.41 Å². The van der Waals surface area contributed by atoms with Crippen molar-refractivity contribution in [1.29, 1.82) is 0 Å². The van der Waals surface area contributed by atoms with E-state index < -0.39 is 0 Å². The first-order valence-electron chi connectivity index (χ1n) is 2.75. The van der Waals surface area contributed by atoms with Crippen molar-refractivity contribution in [3.8, 4) is 0 Å². The summed E-state index contributed by atoms with van der Waals surface area (Å²) in [7, 11) is 0. The average Bonchev–Trinajstić information content (AvgIpc) is 2.05. The van der Waals surface area contributed by atoms with Crippen molar-refractivity contribution >= 4 is 12.2 Å². The fourth-order valence-corrected chi connectivity index (χ4v) is 0.560. The van der Waals surface area contributed by atoms with Crippen LogP contribution < -0.4 is 10.9 Å². The second-order valence-corrected chi connectivity index (χ2v) is 1.70. The Morgan fingerprint density at radius 2 is 2.40 bits per heavy atom. The van der Waals surface area contributed by atoms with Crippen LogP contribution in [0.15, 0.2) is 24.4 Å². The lowest BCUT2D eigenvalue weighted by molar-refractivity contribution is -0.107. The van der Waals surface area contributed by atoms with Crippen LogP contribution in [0.25, 0.3) is 0 Å². The van der Waals surface area contributed by atoms with Crippen molar-refractivity contribution in [2.45, 2.75) is 0 Å². The van der Waals surface area contributed by atoms with Gasteiger partial charge >= 0.3 is 0 Å². The van der Waals surface area contributed by atoms with E-state index in [9.17, 15) is 4.79 Å². The van der Waals surface area contributed by atoms with E-state index in [4.69, 9.17) is 5.84 Å². The largest absolute Gasteiger partial charge is 0.277 e. The number of pyridine rings is 1. The number of carbonyl (C=O) groups is 1. The number of aromatic nitrogens is 1. The summed E-state index contributed by atoms with van der Waals surface area (Å²) in [5.74, 6) is 5.64. The van der Waals surface area contributed by atoms with Crippen molar-refractivity contribution in [3.05, 3.63) is 24.4 Å². The molecule has 0 saturated heterocycles. The van der Waals surface area contributed by atoms with Gasteiger partial charge in [0.25, 0.3) is 0 Å². The van der Waals surface area contributed by atoms with Crippen LogP contribution in [0.2, 0.25) is 0 Å². The standard InChI is InChI=1S/C6H7N3O/c7-9(5-10)6-3-1-2-4-8-6/h1-5H,7H2. The highest BCUT2D eigenvalue weighted by atomic mass is 16.1. The van der Waals surface area contributed by atoms with Crippen LogP contribution in [0, 0.1) is 0 Å². The molecular weight excluding hydrogens is 130 g/mol. The Morgan fingerprint density at radius 3 is 2.90 bits per heavy atom. The summed E-state index contributed by atoms with van der Waals surface area (Å²) >= 11 is 0. The second kappa shape index (κ2) is 2.93. The van der Waals surface area contributed by atoms with Crippen LogP contribution in [0.1, 0.15) is 0 Å². The summed E-state index contributed by atoms with van der Waals surface area (Å²) in [6, 6.07) is 5.15. The maximum Gasteiger partial charge on any atom is 0.229 e. The molecule has 0 fully saturated rings. The SMILES string of the molecule is NN(C=O)c1ccccn1. The first-order chi connectivity index (χ1) is 4.84. The highest BCUT2D eigenvalue weighted by Gasteiger charge is 1.96. The minimum atomic E-state index is 0.442. The highest BCUT2D eigenvalue weighted by Crippen LogP contribution is 2.00. The van der Waals surface area contributed by atoms with Gasteiger partial charge in [-0.25, -0.2) is 15.8 Å². The van der Waals surface area contributed by atoms with Gasteiger partial charge in [0.05, 0.1) is 0 Å². The number of nitrogens with two attached hydrogens (primary N) is 1. The molecule has 0 aliphatic carbocycles. The molecule has 0 atom stereocenters.